The number of hydrogen-bond donors (Lipinski definition) is 1. The van der Waals surface area contributed by atoms with Crippen molar-refractivity contribution in [3.05, 3.63) is 22.4 Å². The van der Waals surface area contributed by atoms with E-state index in [1.165, 1.54) is 17.8 Å². The Morgan fingerprint density at radius 3 is 2.94 bits per heavy atom. The maximum absolute atomic E-state index is 12.0. The van der Waals surface area contributed by atoms with E-state index in [2.05, 4.69) is 6.92 Å². The van der Waals surface area contributed by atoms with Crippen molar-refractivity contribution in [2.75, 3.05) is 13.6 Å². The summed E-state index contributed by atoms with van der Waals surface area (Å²) in [5.41, 5.74) is 5.93. The molecular formula is C12H18N2OS. The van der Waals surface area contributed by atoms with Gasteiger partial charge in [-0.25, -0.2) is 0 Å². The van der Waals surface area contributed by atoms with Crippen molar-refractivity contribution in [1.82, 2.24) is 4.90 Å². The Balaban J connectivity index is 1.91. The molecule has 0 saturated heterocycles. The third kappa shape index (κ3) is 2.44. The summed E-state index contributed by atoms with van der Waals surface area (Å²) in [6.45, 7) is 3.07. The predicted molar refractivity (Wildman–Crippen MR) is 66.2 cm³/mol. The average Bonchev–Trinajstić information content (AvgIpc) is 2.77. The molecule has 1 aromatic heterocycles. The van der Waals surface area contributed by atoms with Crippen LogP contribution in [0.2, 0.25) is 0 Å². The number of rotatable bonds is 4. The van der Waals surface area contributed by atoms with E-state index < -0.39 is 6.04 Å². The lowest BCUT2D eigenvalue weighted by molar-refractivity contribution is -0.131. The SMILES string of the molecule is CC1CC1CN(C)C(=O)C(N)c1cccs1. The first kappa shape index (κ1) is 11.6. The lowest BCUT2D eigenvalue weighted by atomic mass is 10.2. The fourth-order valence-corrected chi connectivity index (χ4v) is 2.64. The standard InChI is InChI=1S/C12H18N2OS/c1-8-6-9(8)7-14(2)12(15)11(13)10-4-3-5-16-10/h3-5,8-9,11H,6-7,13H2,1-2H3. The Morgan fingerprint density at radius 1 is 1.75 bits per heavy atom. The van der Waals surface area contributed by atoms with Crippen molar-refractivity contribution < 1.29 is 4.79 Å². The van der Waals surface area contributed by atoms with E-state index in [4.69, 9.17) is 5.73 Å². The van der Waals surface area contributed by atoms with Crippen molar-refractivity contribution in [3.63, 3.8) is 0 Å². The molecule has 1 heterocycles. The highest BCUT2D eigenvalue weighted by Crippen LogP contribution is 2.38. The fraction of sp³-hybridized carbons (Fsp3) is 0.583. The van der Waals surface area contributed by atoms with Gasteiger partial charge >= 0.3 is 0 Å². The van der Waals surface area contributed by atoms with Gasteiger partial charge in [-0.1, -0.05) is 13.0 Å². The van der Waals surface area contributed by atoms with Crippen LogP contribution < -0.4 is 5.73 Å². The molecule has 0 aromatic carbocycles. The molecule has 1 amide bonds. The maximum atomic E-state index is 12.0. The van der Waals surface area contributed by atoms with Crippen LogP contribution in [0.5, 0.6) is 0 Å². The molecule has 88 valence electrons. The fourth-order valence-electron chi connectivity index (χ4n) is 1.92. The van der Waals surface area contributed by atoms with Gasteiger partial charge in [-0.15, -0.1) is 11.3 Å². The Hall–Kier alpha value is -0.870. The highest BCUT2D eigenvalue weighted by atomic mass is 32.1. The Bertz CT molecular complexity index is 363. The summed E-state index contributed by atoms with van der Waals surface area (Å²) in [6.07, 6.45) is 1.24. The molecule has 1 fully saturated rings. The molecule has 1 aliphatic rings. The van der Waals surface area contributed by atoms with Crippen LogP contribution in [-0.4, -0.2) is 24.4 Å². The molecule has 16 heavy (non-hydrogen) atoms. The van der Waals surface area contributed by atoms with E-state index >= 15 is 0 Å². The Labute approximate surface area is 100 Å². The van der Waals surface area contributed by atoms with Crippen molar-refractivity contribution in [2.24, 2.45) is 17.6 Å². The quantitative estimate of drug-likeness (QED) is 0.870. The van der Waals surface area contributed by atoms with Gasteiger partial charge in [-0.3, -0.25) is 4.79 Å². The topological polar surface area (TPSA) is 46.3 Å². The number of carbonyl (C=O) groups is 1. The second-order valence-electron chi connectivity index (χ2n) is 4.68. The van der Waals surface area contributed by atoms with E-state index in [9.17, 15) is 4.79 Å². The minimum atomic E-state index is -0.487. The van der Waals surface area contributed by atoms with E-state index in [0.717, 1.165) is 17.3 Å². The smallest absolute Gasteiger partial charge is 0.244 e. The average molecular weight is 238 g/mol. The largest absolute Gasteiger partial charge is 0.344 e. The zero-order valence-corrected chi connectivity index (χ0v) is 10.5. The van der Waals surface area contributed by atoms with Crippen LogP contribution >= 0.6 is 11.3 Å². The van der Waals surface area contributed by atoms with Crippen LogP contribution in [0.25, 0.3) is 0 Å². The zero-order chi connectivity index (χ0) is 11.7. The van der Waals surface area contributed by atoms with E-state index in [0.29, 0.717) is 5.92 Å². The highest BCUT2D eigenvalue weighted by molar-refractivity contribution is 7.10. The van der Waals surface area contributed by atoms with Crippen LogP contribution in [0, 0.1) is 11.8 Å². The molecule has 4 heteroatoms. The molecule has 3 atom stereocenters. The van der Waals surface area contributed by atoms with Crippen molar-refractivity contribution in [1.29, 1.82) is 0 Å². The number of carbonyl (C=O) groups excluding carboxylic acids is 1. The summed E-state index contributed by atoms with van der Waals surface area (Å²) in [5.74, 6) is 1.49. The molecule has 0 radical (unpaired) electrons. The van der Waals surface area contributed by atoms with Crippen molar-refractivity contribution in [3.8, 4) is 0 Å². The molecule has 3 nitrogen and oxygen atoms in total. The predicted octanol–water partition coefficient (Wildman–Crippen LogP) is 1.86. The van der Waals surface area contributed by atoms with E-state index in [-0.39, 0.29) is 5.91 Å². The van der Waals surface area contributed by atoms with Gasteiger partial charge in [0.05, 0.1) is 0 Å². The number of nitrogens with zero attached hydrogens (tertiary/aromatic N) is 1. The third-order valence-electron chi connectivity index (χ3n) is 3.28. The third-order valence-corrected chi connectivity index (χ3v) is 4.23. The van der Waals surface area contributed by atoms with Gasteiger partial charge in [-0.05, 0) is 29.7 Å². The van der Waals surface area contributed by atoms with Crippen LogP contribution in [0.1, 0.15) is 24.3 Å². The molecule has 0 bridgehead atoms. The number of amides is 1. The first-order chi connectivity index (χ1) is 7.59. The molecule has 1 aromatic rings. The first-order valence-corrected chi connectivity index (χ1v) is 6.51. The highest BCUT2D eigenvalue weighted by Gasteiger charge is 2.35. The molecule has 0 aliphatic heterocycles. The molecule has 1 saturated carbocycles. The second kappa shape index (κ2) is 4.55. The number of likely N-dealkylation sites (N-methyl/N-ethyl adjacent to an activating group) is 1. The maximum Gasteiger partial charge on any atom is 0.244 e. The van der Waals surface area contributed by atoms with Gasteiger partial charge in [0.1, 0.15) is 6.04 Å². The van der Waals surface area contributed by atoms with Gasteiger partial charge in [0, 0.05) is 18.5 Å². The van der Waals surface area contributed by atoms with Gasteiger partial charge in [0.25, 0.3) is 0 Å². The molecular weight excluding hydrogens is 220 g/mol. The summed E-state index contributed by atoms with van der Waals surface area (Å²) < 4.78 is 0. The summed E-state index contributed by atoms with van der Waals surface area (Å²) in [5, 5.41) is 1.95. The van der Waals surface area contributed by atoms with Gasteiger partial charge < -0.3 is 10.6 Å². The lowest BCUT2D eigenvalue weighted by Crippen LogP contribution is -2.36. The number of thiophene rings is 1. The normalized spacial score (nSPS) is 25.2. The molecule has 0 spiro atoms. The Kier molecular flexibility index (Phi) is 3.30. The number of nitrogens with two attached hydrogens (primary N) is 1. The Morgan fingerprint density at radius 2 is 2.44 bits per heavy atom. The summed E-state index contributed by atoms with van der Waals surface area (Å²) >= 11 is 1.54. The minimum Gasteiger partial charge on any atom is -0.344 e. The first-order valence-electron chi connectivity index (χ1n) is 5.63. The monoisotopic (exact) mass is 238 g/mol. The lowest BCUT2D eigenvalue weighted by Gasteiger charge is -2.20. The minimum absolute atomic E-state index is 0.0292. The molecule has 2 rings (SSSR count). The number of hydrogen-bond acceptors (Lipinski definition) is 3. The summed E-state index contributed by atoms with van der Waals surface area (Å²) in [6, 6.07) is 3.36. The van der Waals surface area contributed by atoms with Crippen LogP contribution in [0.4, 0.5) is 0 Å². The van der Waals surface area contributed by atoms with Gasteiger partial charge in [0.2, 0.25) is 5.91 Å². The van der Waals surface area contributed by atoms with E-state index in [1.54, 1.807) is 4.90 Å². The van der Waals surface area contributed by atoms with Crippen LogP contribution in [-0.2, 0) is 4.79 Å². The second-order valence-corrected chi connectivity index (χ2v) is 5.66. The zero-order valence-electron chi connectivity index (χ0n) is 9.72. The van der Waals surface area contributed by atoms with Gasteiger partial charge in [-0.2, -0.15) is 0 Å². The molecule has 2 N–H and O–H groups in total. The van der Waals surface area contributed by atoms with Crippen molar-refractivity contribution in [2.45, 2.75) is 19.4 Å². The summed E-state index contributed by atoms with van der Waals surface area (Å²) in [4.78, 5) is 14.7. The van der Waals surface area contributed by atoms with Crippen molar-refractivity contribution >= 4 is 17.2 Å². The summed E-state index contributed by atoms with van der Waals surface area (Å²) in [7, 11) is 1.85. The van der Waals surface area contributed by atoms with E-state index in [1.807, 2.05) is 24.6 Å². The van der Waals surface area contributed by atoms with Gasteiger partial charge in [0.15, 0.2) is 0 Å². The van der Waals surface area contributed by atoms with Crippen LogP contribution in [0.15, 0.2) is 17.5 Å². The molecule has 1 aliphatic carbocycles. The molecule has 3 unspecified atom stereocenters. The van der Waals surface area contributed by atoms with Crippen LogP contribution in [0.3, 0.4) is 0 Å².